The monoisotopic (exact) mass is 189 g/mol. The van der Waals surface area contributed by atoms with Crippen LogP contribution in [0.2, 0.25) is 0 Å². The Kier molecular flexibility index (Phi) is 2.91. The number of rotatable bonds is 2. The second kappa shape index (κ2) is 3.62. The molecule has 4 heteroatoms. The Balaban J connectivity index is 2.64. The van der Waals surface area contributed by atoms with E-state index in [1.54, 1.807) is 18.7 Å². The molecule has 0 aliphatic carbocycles. The third-order valence-corrected chi connectivity index (χ3v) is 2.68. The smallest absolute Gasteiger partial charge is 0.323 e. The molecular formula is C9H16FNO2. The second-order valence-corrected chi connectivity index (χ2v) is 4.05. The van der Waals surface area contributed by atoms with Crippen molar-refractivity contribution < 1.29 is 14.3 Å². The fourth-order valence-corrected chi connectivity index (χ4v) is 1.57. The molecule has 1 unspecified atom stereocenters. The van der Waals surface area contributed by atoms with Crippen LogP contribution >= 0.6 is 0 Å². The molecule has 0 saturated carbocycles. The van der Waals surface area contributed by atoms with Gasteiger partial charge in [-0.2, -0.15) is 0 Å². The molecule has 1 atom stereocenters. The van der Waals surface area contributed by atoms with Gasteiger partial charge in [0.1, 0.15) is 11.7 Å². The van der Waals surface area contributed by atoms with Gasteiger partial charge in [0.2, 0.25) is 0 Å². The first-order chi connectivity index (χ1) is 5.94. The first-order valence-electron chi connectivity index (χ1n) is 4.57. The van der Waals surface area contributed by atoms with Crippen LogP contribution in [0, 0.1) is 0 Å². The maximum Gasteiger partial charge on any atom is 0.323 e. The molecular weight excluding hydrogens is 173 g/mol. The Bertz CT molecular complexity index is 206. The number of halogens is 1. The number of likely N-dealkylation sites (tertiary alicyclic amines) is 1. The first-order valence-corrected chi connectivity index (χ1v) is 4.57. The molecule has 1 rings (SSSR count). The van der Waals surface area contributed by atoms with Gasteiger partial charge < -0.3 is 5.11 Å². The zero-order valence-corrected chi connectivity index (χ0v) is 8.09. The van der Waals surface area contributed by atoms with Crippen molar-refractivity contribution in [2.24, 2.45) is 0 Å². The molecule has 0 spiro atoms. The molecule has 13 heavy (non-hydrogen) atoms. The topological polar surface area (TPSA) is 40.5 Å². The Morgan fingerprint density at radius 1 is 1.62 bits per heavy atom. The molecule has 1 heterocycles. The third kappa shape index (κ3) is 2.18. The highest BCUT2D eigenvalue weighted by atomic mass is 19.1. The number of alkyl halides is 1. The minimum absolute atomic E-state index is 0.249. The number of carbonyl (C=O) groups is 1. The molecule has 1 saturated heterocycles. The molecule has 76 valence electrons. The van der Waals surface area contributed by atoms with Gasteiger partial charge in [0.25, 0.3) is 0 Å². The largest absolute Gasteiger partial charge is 0.480 e. The summed E-state index contributed by atoms with van der Waals surface area (Å²) in [6, 6.07) is 0. The number of aliphatic carboxylic acids is 1. The van der Waals surface area contributed by atoms with Gasteiger partial charge in [-0.1, -0.05) is 0 Å². The van der Waals surface area contributed by atoms with Crippen molar-refractivity contribution in [1.82, 2.24) is 4.90 Å². The van der Waals surface area contributed by atoms with E-state index in [0.29, 0.717) is 13.0 Å². The molecule has 1 aliphatic heterocycles. The molecule has 1 aliphatic rings. The maximum absolute atomic E-state index is 13.0. The normalized spacial score (nSPS) is 25.9. The highest BCUT2D eigenvalue weighted by Crippen LogP contribution is 2.22. The second-order valence-electron chi connectivity index (χ2n) is 4.05. The molecule has 0 bridgehead atoms. The predicted octanol–water partition coefficient (Wildman–Crippen LogP) is 1.28. The van der Waals surface area contributed by atoms with Crippen LogP contribution in [0.5, 0.6) is 0 Å². The summed E-state index contributed by atoms with van der Waals surface area (Å²) in [7, 11) is 0. The molecule has 1 fully saturated rings. The number of hydrogen-bond donors (Lipinski definition) is 1. The number of carboxylic acids is 1. The van der Waals surface area contributed by atoms with E-state index in [0.717, 1.165) is 6.42 Å². The van der Waals surface area contributed by atoms with Crippen LogP contribution in [0.1, 0.15) is 26.7 Å². The summed E-state index contributed by atoms with van der Waals surface area (Å²) >= 11 is 0. The fraction of sp³-hybridized carbons (Fsp3) is 0.889. The van der Waals surface area contributed by atoms with Crippen molar-refractivity contribution >= 4 is 5.97 Å². The average molecular weight is 189 g/mol. The SMILES string of the molecule is CC(C)(C(=O)O)N1CCCC(F)C1. The van der Waals surface area contributed by atoms with Crippen molar-refractivity contribution in [3.05, 3.63) is 0 Å². The summed E-state index contributed by atoms with van der Waals surface area (Å²) in [6.45, 7) is 4.17. The average Bonchev–Trinajstić information content (AvgIpc) is 2.04. The lowest BCUT2D eigenvalue weighted by molar-refractivity contribution is -0.150. The predicted molar refractivity (Wildman–Crippen MR) is 47.4 cm³/mol. The Hall–Kier alpha value is -0.640. The number of hydrogen-bond acceptors (Lipinski definition) is 2. The van der Waals surface area contributed by atoms with E-state index in [4.69, 9.17) is 5.11 Å². The third-order valence-electron chi connectivity index (χ3n) is 2.68. The van der Waals surface area contributed by atoms with Crippen LogP contribution in [0.4, 0.5) is 4.39 Å². The van der Waals surface area contributed by atoms with Crippen LogP contribution in [0.3, 0.4) is 0 Å². The van der Waals surface area contributed by atoms with Crippen LogP contribution < -0.4 is 0 Å². The van der Waals surface area contributed by atoms with Gasteiger partial charge in [0, 0.05) is 6.54 Å². The number of carboxylic acid groups (broad SMARTS) is 1. The van der Waals surface area contributed by atoms with Crippen LogP contribution in [-0.2, 0) is 4.79 Å². The van der Waals surface area contributed by atoms with Gasteiger partial charge in [0.05, 0.1) is 0 Å². The highest BCUT2D eigenvalue weighted by molar-refractivity contribution is 5.77. The minimum atomic E-state index is -0.940. The summed E-state index contributed by atoms with van der Waals surface area (Å²) in [5.41, 5.74) is -0.940. The Morgan fingerprint density at radius 2 is 2.23 bits per heavy atom. The quantitative estimate of drug-likeness (QED) is 0.711. The molecule has 0 aromatic carbocycles. The summed E-state index contributed by atoms with van der Waals surface area (Å²) in [5, 5.41) is 8.92. The lowest BCUT2D eigenvalue weighted by atomic mass is 9.98. The van der Waals surface area contributed by atoms with E-state index in [1.165, 1.54) is 0 Å². The fourth-order valence-electron chi connectivity index (χ4n) is 1.57. The zero-order chi connectivity index (χ0) is 10.1. The first kappa shape index (κ1) is 10.4. The van der Waals surface area contributed by atoms with Crippen LogP contribution in [0.25, 0.3) is 0 Å². The van der Waals surface area contributed by atoms with E-state index in [1.807, 2.05) is 0 Å². The van der Waals surface area contributed by atoms with Gasteiger partial charge in [-0.25, -0.2) is 4.39 Å². The molecule has 0 aromatic rings. The van der Waals surface area contributed by atoms with Crippen molar-refractivity contribution in [3.63, 3.8) is 0 Å². The summed E-state index contributed by atoms with van der Waals surface area (Å²) in [4.78, 5) is 12.6. The summed E-state index contributed by atoms with van der Waals surface area (Å²) in [6.07, 6.45) is 0.441. The summed E-state index contributed by atoms with van der Waals surface area (Å²) in [5.74, 6) is -0.887. The van der Waals surface area contributed by atoms with Crippen molar-refractivity contribution in [1.29, 1.82) is 0 Å². The Morgan fingerprint density at radius 3 is 2.69 bits per heavy atom. The standard InChI is InChI=1S/C9H16FNO2/c1-9(2,8(12)13)11-5-3-4-7(10)6-11/h7H,3-6H2,1-2H3,(H,12,13). The van der Waals surface area contributed by atoms with E-state index in [9.17, 15) is 9.18 Å². The van der Waals surface area contributed by atoms with Crippen molar-refractivity contribution in [2.45, 2.75) is 38.4 Å². The molecule has 0 radical (unpaired) electrons. The molecule has 0 amide bonds. The molecule has 3 nitrogen and oxygen atoms in total. The lowest BCUT2D eigenvalue weighted by Crippen LogP contribution is -2.54. The number of nitrogens with zero attached hydrogens (tertiary/aromatic N) is 1. The zero-order valence-electron chi connectivity index (χ0n) is 8.09. The van der Waals surface area contributed by atoms with Crippen molar-refractivity contribution in [2.75, 3.05) is 13.1 Å². The van der Waals surface area contributed by atoms with E-state index in [-0.39, 0.29) is 6.54 Å². The molecule has 1 N–H and O–H groups in total. The highest BCUT2D eigenvalue weighted by Gasteiger charge is 2.37. The lowest BCUT2D eigenvalue weighted by Gasteiger charge is -2.38. The van der Waals surface area contributed by atoms with Gasteiger partial charge in [-0.05, 0) is 33.2 Å². The summed E-state index contributed by atoms with van der Waals surface area (Å²) < 4.78 is 13.0. The van der Waals surface area contributed by atoms with Gasteiger partial charge in [-0.3, -0.25) is 9.69 Å². The number of piperidine rings is 1. The van der Waals surface area contributed by atoms with Gasteiger partial charge in [0.15, 0.2) is 0 Å². The van der Waals surface area contributed by atoms with Gasteiger partial charge in [-0.15, -0.1) is 0 Å². The maximum atomic E-state index is 13.0. The van der Waals surface area contributed by atoms with Crippen LogP contribution in [0.15, 0.2) is 0 Å². The van der Waals surface area contributed by atoms with Crippen LogP contribution in [-0.4, -0.2) is 40.8 Å². The molecule has 0 aromatic heterocycles. The van der Waals surface area contributed by atoms with E-state index in [2.05, 4.69) is 0 Å². The van der Waals surface area contributed by atoms with E-state index >= 15 is 0 Å². The van der Waals surface area contributed by atoms with Gasteiger partial charge >= 0.3 is 5.97 Å². The minimum Gasteiger partial charge on any atom is -0.480 e. The van der Waals surface area contributed by atoms with E-state index < -0.39 is 17.7 Å². The van der Waals surface area contributed by atoms with Crippen molar-refractivity contribution in [3.8, 4) is 0 Å². The Labute approximate surface area is 77.5 Å².